The van der Waals surface area contributed by atoms with Crippen molar-refractivity contribution in [3.63, 3.8) is 0 Å². The lowest BCUT2D eigenvalue weighted by Gasteiger charge is -2.26. The molecule has 1 aliphatic rings. The van der Waals surface area contributed by atoms with Crippen LogP contribution >= 0.6 is 11.6 Å². The van der Waals surface area contributed by atoms with Crippen molar-refractivity contribution in [3.8, 4) is 5.75 Å². The van der Waals surface area contributed by atoms with Gasteiger partial charge in [0.05, 0.1) is 17.3 Å². The fourth-order valence-corrected chi connectivity index (χ4v) is 4.67. The molecule has 0 unspecified atom stereocenters. The molecular weight excluding hydrogens is 502 g/mol. The zero-order valence-corrected chi connectivity index (χ0v) is 21.6. The molecule has 3 aromatic carbocycles. The number of rotatable bonds is 8. The number of benzene rings is 3. The smallest absolute Gasteiger partial charge is 0.335 e. The van der Waals surface area contributed by atoms with Gasteiger partial charge in [0.15, 0.2) is 0 Å². The van der Waals surface area contributed by atoms with E-state index in [0.717, 1.165) is 34.2 Å². The highest BCUT2D eigenvalue weighted by molar-refractivity contribution is 6.39. The van der Waals surface area contributed by atoms with Crippen LogP contribution in [-0.4, -0.2) is 29.0 Å². The SMILES string of the molecule is CCc1ccc(N2C(=O)NC(=O)C(=Cc3cn(CCCOc4ccccc4Cl)c4ccccc34)C2=O)cc1. The second-order valence-corrected chi connectivity index (χ2v) is 9.31. The van der Waals surface area contributed by atoms with Gasteiger partial charge in [-0.05, 0) is 54.8 Å². The van der Waals surface area contributed by atoms with Crippen LogP contribution in [0.1, 0.15) is 24.5 Å². The van der Waals surface area contributed by atoms with Crippen molar-refractivity contribution < 1.29 is 19.1 Å². The van der Waals surface area contributed by atoms with Crippen molar-refractivity contribution in [3.05, 3.63) is 101 Å². The number of anilines is 1. The minimum absolute atomic E-state index is 0.103. The highest BCUT2D eigenvalue weighted by Gasteiger charge is 2.37. The maximum Gasteiger partial charge on any atom is 0.335 e. The van der Waals surface area contributed by atoms with Gasteiger partial charge in [-0.15, -0.1) is 0 Å². The molecule has 7 nitrogen and oxygen atoms in total. The van der Waals surface area contributed by atoms with Gasteiger partial charge in [-0.2, -0.15) is 0 Å². The molecule has 192 valence electrons. The van der Waals surface area contributed by atoms with E-state index in [9.17, 15) is 14.4 Å². The molecule has 0 atom stereocenters. The number of urea groups is 1. The van der Waals surface area contributed by atoms with Crippen molar-refractivity contribution in [2.75, 3.05) is 11.5 Å². The molecule has 38 heavy (non-hydrogen) atoms. The molecule has 0 aliphatic carbocycles. The molecule has 1 aliphatic heterocycles. The summed E-state index contributed by atoms with van der Waals surface area (Å²) in [4.78, 5) is 39.7. The second kappa shape index (κ2) is 10.9. The molecule has 1 fully saturated rings. The Morgan fingerprint density at radius 3 is 2.45 bits per heavy atom. The van der Waals surface area contributed by atoms with Crippen LogP contribution in [0.4, 0.5) is 10.5 Å². The number of fused-ring (bicyclic) bond motifs is 1. The normalized spacial score (nSPS) is 14.8. The molecule has 4 amide bonds. The molecule has 1 saturated heterocycles. The minimum Gasteiger partial charge on any atom is -0.492 e. The average Bonchev–Trinajstić information content (AvgIpc) is 3.27. The topological polar surface area (TPSA) is 80.6 Å². The Bertz CT molecular complexity index is 1560. The van der Waals surface area contributed by atoms with Crippen molar-refractivity contribution in [1.29, 1.82) is 0 Å². The van der Waals surface area contributed by atoms with E-state index in [1.165, 1.54) is 0 Å². The van der Waals surface area contributed by atoms with Gasteiger partial charge in [0.1, 0.15) is 11.3 Å². The first kappa shape index (κ1) is 25.3. The van der Waals surface area contributed by atoms with Crippen LogP contribution in [0.2, 0.25) is 5.02 Å². The Morgan fingerprint density at radius 1 is 0.947 bits per heavy atom. The first-order chi connectivity index (χ1) is 18.5. The minimum atomic E-state index is -0.762. The number of ether oxygens (including phenoxy) is 1. The van der Waals surface area contributed by atoms with Crippen LogP contribution in [0.25, 0.3) is 17.0 Å². The van der Waals surface area contributed by atoms with Gasteiger partial charge in [-0.1, -0.05) is 61.0 Å². The number of para-hydroxylation sites is 2. The largest absolute Gasteiger partial charge is 0.492 e. The Hall–Kier alpha value is -4.36. The number of nitrogens with one attached hydrogen (secondary N) is 1. The zero-order chi connectivity index (χ0) is 26.6. The summed E-state index contributed by atoms with van der Waals surface area (Å²) in [6.45, 7) is 3.15. The van der Waals surface area contributed by atoms with Crippen LogP contribution in [0.5, 0.6) is 5.75 Å². The lowest BCUT2D eigenvalue weighted by molar-refractivity contribution is -0.122. The number of carbonyl (C=O) groups is 3. The molecule has 2 heterocycles. The first-order valence-electron chi connectivity index (χ1n) is 12.4. The van der Waals surface area contributed by atoms with E-state index in [1.807, 2.05) is 67.7 Å². The number of imide groups is 2. The van der Waals surface area contributed by atoms with E-state index < -0.39 is 17.8 Å². The number of carbonyl (C=O) groups excluding carboxylic acids is 3. The standard InChI is InChI=1S/C30H26ClN3O4/c1-2-20-12-14-22(15-13-20)34-29(36)24(28(35)32-30(34)37)18-21-19-33(26-10-5-3-8-23(21)26)16-7-17-38-27-11-6-4-9-25(27)31/h3-6,8-15,18-19H,2,7,16-17H2,1H3,(H,32,35,37). The third-order valence-corrected chi connectivity index (χ3v) is 6.77. The van der Waals surface area contributed by atoms with E-state index >= 15 is 0 Å². The third kappa shape index (κ3) is 5.06. The van der Waals surface area contributed by atoms with Crippen molar-refractivity contribution >= 4 is 52.1 Å². The molecule has 0 saturated carbocycles. The molecular formula is C30H26ClN3O4. The molecule has 4 aromatic rings. The predicted molar refractivity (Wildman–Crippen MR) is 148 cm³/mol. The summed E-state index contributed by atoms with van der Waals surface area (Å²) in [6.07, 6.45) is 5.01. The summed E-state index contributed by atoms with van der Waals surface area (Å²) < 4.78 is 7.88. The summed E-state index contributed by atoms with van der Waals surface area (Å²) in [5.74, 6) is -0.735. The van der Waals surface area contributed by atoms with Crippen LogP contribution < -0.4 is 15.0 Å². The highest BCUT2D eigenvalue weighted by Crippen LogP contribution is 2.28. The summed E-state index contributed by atoms with van der Waals surface area (Å²) in [7, 11) is 0. The number of hydrogen-bond donors (Lipinski definition) is 1. The monoisotopic (exact) mass is 527 g/mol. The first-order valence-corrected chi connectivity index (χ1v) is 12.8. The second-order valence-electron chi connectivity index (χ2n) is 8.91. The Balaban J connectivity index is 1.40. The molecule has 8 heteroatoms. The molecule has 0 bridgehead atoms. The Labute approximate surface area is 225 Å². The van der Waals surface area contributed by atoms with Crippen LogP contribution in [-0.2, 0) is 22.6 Å². The van der Waals surface area contributed by atoms with Gasteiger partial charge in [0, 0.05) is 29.2 Å². The lowest BCUT2D eigenvalue weighted by Crippen LogP contribution is -2.54. The molecule has 0 radical (unpaired) electrons. The summed E-state index contributed by atoms with van der Waals surface area (Å²) in [5.41, 5.74) is 3.05. The van der Waals surface area contributed by atoms with Crippen LogP contribution in [0, 0.1) is 0 Å². The Morgan fingerprint density at radius 2 is 1.68 bits per heavy atom. The molecule has 0 spiro atoms. The quantitative estimate of drug-likeness (QED) is 0.173. The fourth-order valence-electron chi connectivity index (χ4n) is 4.48. The van der Waals surface area contributed by atoms with E-state index in [1.54, 1.807) is 24.3 Å². The van der Waals surface area contributed by atoms with Crippen LogP contribution in [0.3, 0.4) is 0 Å². The summed E-state index contributed by atoms with van der Waals surface area (Å²) >= 11 is 6.17. The van der Waals surface area contributed by atoms with Crippen molar-refractivity contribution in [1.82, 2.24) is 9.88 Å². The predicted octanol–water partition coefficient (Wildman–Crippen LogP) is 5.99. The maximum atomic E-state index is 13.4. The molecule has 5 rings (SSSR count). The zero-order valence-electron chi connectivity index (χ0n) is 20.8. The average molecular weight is 528 g/mol. The van der Waals surface area contributed by atoms with E-state index in [2.05, 4.69) is 9.88 Å². The maximum absolute atomic E-state index is 13.4. The number of barbiturate groups is 1. The summed E-state index contributed by atoms with van der Waals surface area (Å²) in [6, 6.07) is 21.5. The van der Waals surface area contributed by atoms with Gasteiger partial charge < -0.3 is 9.30 Å². The number of aromatic nitrogens is 1. The fraction of sp³-hybridized carbons (Fsp3) is 0.167. The Kier molecular flexibility index (Phi) is 7.29. The number of amides is 4. The van der Waals surface area contributed by atoms with Crippen molar-refractivity contribution in [2.45, 2.75) is 26.3 Å². The lowest BCUT2D eigenvalue weighted by atomic mass is 10.1. The van der Waals surface area contributed by atoms with Crippen LogP contribution in [0.15, 0.2) is 84.6 Å². The number of halogens is 1. The van der Waals surface area contributed by atoms with Gasteiger partial charge in [-0.3, -0.25) is 14.9 Å². The van der Waals surface area contributed by atoms with Gasteiger partial charge in [0.2, 0.25) is 0 Å². The van der Waals surface area contributed by atoms with E-state index in [-0.39, 0.29) is 5.57 Å². The van der Waals surface area contributed by atoms with E-state index in [0.29, 0.717) is 35.2 Å². The van der Waals surface area contributed by atoms with Crippen molar-refractivity contribution in [2.24, 2.45) is 0 Å². The number of aryl methyl sites for hydroxylation is 2. The number of nitrogens with zero attached hydrogens (tertiary/aromatic N) is 2. The summed E-state index contributed by atoms with van der Waals surface area (Å²) in [5, 5.41) is 3.76. The van der Waals surface area contributed by atoms with E-state index in [4.69, 9.17) is 16.3 Å². The molecule has 1 aromatic heterocycles. The van der Waals surface area contributed by atoms with Gasteiger partial charge in [-0.25, -0.2) is 9.69 Å². The van der Waals surface area contributed by atoms with Gasteiger partial charge >= 0.3 is 6.03 Å². The highest BCUT2D eigenvalue weighted by atomic mass is 35.5. The number of hydrogen-bond acceptors (Lipinski definition) is 4. The molecule has 1 N–H and O–H groups in total. The third-order valence-electron chi connectivity index (χ3n) is 6.46. The van der Waals surface area contributed by atoms with Gasteiger partial charge in [0.25, 0.3) is 11.8 Å².